The van der Waals surface area contributed by atoms with E-state index < -0.39 is 0 Å². The van der Waals surface area contributed by atoms with Gasteiger partial charge in [-0.3, -0.25) is 0 Å². The number of aryl methyl sites for hydroxylation is 1. The van der Waals surface area contributed by atoms with Crippen LogP contribution in [0.25, 0.3) is 11.3 Å². The standard InChI is InChI=1S/C16H22FN3O/c1-2-3-4-5-8-11-20-16(15(12-21)18-19-20)13-9-6-7-10-14(13)17/h6-7,9-10,21H,2-5,8,11-12H2,1H3. The van der Waals surface area contributed by atoms with Crippen LogP contribution in [0.15, 0.2) is 24.3 Å². The Kier molecular flexibility index (Phi) is 5.87. The highest BCUT2D eigenvalue weighted by atomic mass is 19.1. The molecule has 2 rings (SSSR count). The van der Waals surface area contributed by atoms with Crippen molar-refractivity contribution in [3.63, 3.8) is 0 Å². The molecule has 1 aromatic carbocycles. The summed E-state index contributed by atoms with van der Waals surface area (Å²) in [4.78, 5) is 0. The predicted molar refractivity (Wildman–Crippen MR) is 80.1 cm³/mol. The number of unbranched alkanes of at least 4 members (excludes halogenated alkanes) is 4. The van der Waals surface area contributed by atoms with Crippen molar-refractivity contribution in [1.82, 2.24) is 15.0 Å². The zero-order valence-corrected chi connectivity index (χ0v) is 12.4. The van der Waals surface area contributed by atoms with Gasteiger partial charge < -0.3 is 5.11 Å². The van der Waals surface area contributed by atoms with Crippen molar-refractivity contribution in [2.24, 2.45) is 0 Å². The molecular weight excluding hydrogens is 269 g/mol. The molecule has 1 aromatic heterocycles. The first-order chi connectivity index (χ1) is 10.3. The van der Waals surface area contributed by atoms with Crippen molar-refractivity contribution in [2.75, 3.05) is 0 Å². The van der Waals surface area contributed by atoms with Crippen molar-refractivity contribution in [3.8, 4) is 11.3 Å². The molecule has 0 saturated heterocycles. The SMILES string of the molecule is CCCCCCCn1nnc(CO)c1-c1ccccc1F. The molecule has 0 amide bonds. The number of rotatable bonds is 8. The third-order valence-corrected chi connectivity index (χ3v) is 3.56. The number of aromatic nitrogens is 3. The van der Waals surface area contributed by atoms with Gasteiger partial charge in [0.15, 0.2) is 0 Å². The molecule has 4 nitrogen and oxygen atoms in total. The largest absolute Gasteiger partial charge is 0.390 e. The minimum Gasteiger partial charge on any atom is -0.390 e. The van der Waals surface area contributed by atoms with Crippen LogP contribution in [0.5, 0.6) is 0 Å². The van der Waals surface area contributed by atoms with Crippen molar-refractivity contribution in [3.05, 3.63) is 35.8 Å². The predicted octanol–water partition coefficient (Wildman–Crippen LogP) is 3.55. The molecule has 0 aliphatic heterocycles. The van der Waals surface area contributed by atoms with Gasteiger partial charge in [-0.1, -0.05) is 50.0 Å². The number of aliphatic hydroxyl groups is 1. The molecule has 0 fully saturated rings. The minimum absolute atomic E-state index is 0.237. The second-order valence-electron chi connectivity index (χ2n) is 5.16. The van der Waals surface area contributed by atoms with Gasteiger partial charge in [0.25, 0.3) is 0 Å². The number of halogens is 1. The van der Waals surface area contributed by atoms with Crippen molar-refractivity contribution in [2.45, 2.75) is 52.2 Å². The van der Waals surface area contributed by atoms with Crippen molar-refractivity contribution < 1.29 is 9.50 Å². The highest BCUT2D eigenvalue weighted by Gasteiger charge is 2.17. The van der Waals surface area contributed by atoms with Crippen LogP contribution in [0.4, 0.5) is 4.39 Å². The lowest BCUT2D eigenvalue weighted by Gasteiger charge is -2.08. The summed E-state index contributed by atoms with van der Waals surface area (Å²) < 4.78 is 15.7. The molecule has 5 heteroatoms. The second kappa shape index (κ2) is 7.88. The topological polar surface area (TPSA) is 50.9 Å². The van der Waals surface area contributed by atoms with Crippen LogP contribution >= 0.6 is 0 Å². The van der Waals surface area contributed by atoms with E-state index in [-0.39, 0.29) is 12.4 Å². The van der Waals surface area contributed by atoms with E-state index in [0.717, 1.165) is 12.8 Å². The molecule has 1 heterocycles. The number of hydrogen-bond donors (Lipinski definition) is 1. The van der Waals surface area contributed by atoms with Gasteiger partial charge in [0.2, 0.25) is 0 Å². The Morgan fingerprint density at radius 1 is 1.14 bits per heavy atom. The summed E-state index contributed by atoms with van der Waals surface area (Å²) in [7, 11) is 0. The zero-order chi connectivity index (χ0) is 15.1. The van der Waals surface area contributed by atoms with E-state index in [0.29, 0.717) is 23.5 Å². The van der Waals surface area contributed by atoms with E-state index in [1.807, 2.05) is 0 Å². The average molecular weight is 291 g/mol. The monoisotopic (exact) mass is 291 g/mol. The fourth-order valence-corrected chi connectivity index (χ4v) is 2.42. The maximum Gasteiger partial charge on any atom is 0.132 e. The van der Waals surface area contributed by atoms with Crippen LogP contribution in [0.2, 0.25) is 0 Å². The van der Waals surface area contributed by atoms with Gasteiger partial charge in [0.05, 0.1) is 12.3 Å². The van der Waals surface area contributed by atoms with Gasteiger partial charge in [0, 0.05) is 12.1 Å². The summed E-state index contributed by atoms with van der Waals surface area (Å²) in [5, 5.41) is 17.4. The Morgan fingerprint density at radius 3 is 2.62 bits per heavy atom. The highest BCUT2D eigenvalue weighted by molar-refractivity contribution is 5.62. The molecule has 0 spiro atoms. The highest BCUT2D eigenvalue weighted by Crippen LogP contribution is 2.25. The molecule has 1 N–H and O–H groups in total. The number of benzene rings is 1. The molecule has 0 radical (unpaired) electrons. The maximum absolute atomic E-state index is 14.0. The maximum atomic E-state index is 14.0. The second-order valence-corrected chi connectivity index (χ2v) is 5.16. The van der Waals surface area contributed by atoms with Crippen molar-refractivity contribution in [1.29, 1.82) is 0 Å². The van der Waals surface area contributed by atoms with E-state index in [1.54, 1.807) is 22.9 Å². The third kappa shape index (κ3) is 3.88. The van der Waals surface area contributed by atoms with Gasteiger partial charge in [0.1, 0.15) is 11.5 Å². The smallest absolute Gasteiger partial charge is 0.132 e. The summed E-state index contributed by atoms with van der Waals surface area (Å²) in [6.45, 7) is 2.64. The van der Waals surface area contributed by atoms with Gasteiger partial charge in [-0.2, -0.15) is 0 Å². The normalized spacial score (nSPS) is 11.0. The molecule has 21 heavy (non-hydrogen) atoms. The van der Waals surface area contributed by atoms with E-state index in [9.17, 15) is 9.50 Å². The van der Waals surface area contributed by atoms with E-state index in [1.165, 1.54) is 25.3 Å². The average Bonchev–Trinajstić information content (AvgIpc) is 2.90. The van der Waals surface area contributed by atoms with Crippen LogP contribution < -0.4 is 0 Å². The van der Waals surface area contributed by atoms with Crippen LogP contribution in [0.3, 0.4) is 0 Å². The fraction of sp³-hybridized carbons (Fsp3) is 0.500. The molecule has 0 saturated carbocycles. The zero-order valence-electron chi connectivity index (χ0n) is 12.4. The van der Waals surface area contributed by atoms with Crippen LogP contribution in [-0.4, -0.2) is 20.1 Å². The van der Waals surface area contributed by atoms with Crippen LogP contribution in [-0.2, 0) is 13.2 Å². The van der Waals surface area contributed by atoms with Gasteiger partial charge in [-0.15, -0.1) is 5.10 Å². The number of aliphatic hydroxyl groups excluding tert-OH is 1. The Bertz CT molecular complexity index is 568. The van der Waals surface area contributed by atoms with E-state index in [4.69, 9.17) is 0 Å². The first kappa shape index (κ1) is 15.6. The van der Waals surface area contributed by atoms with Gasteiger partial charge in [-0.05, 0) is 18.6 Å². The number of nitrogens with zero attached hydrogens (tertiary/aromatic N) is 3. The lowest BCUT2D eigenvalue weighted by Crippen LogP contribution is -2.04. The Labute approximate surface area is 124 Å². The summed E-state index contributed by atoms with van der Waals surface area (Å²) >= 11 is 0. The summed E-state index contributed by atoms with van der Waals surface area (Å²) in [5.41, 5.74) is 1.46. The van der Waals surface area contributed by atoms with Crippen LogP contribution in [0, 0.1) is 5.82 Å². The molecule has 0 aliphatic carbocycles. The molecule has 114 valence electrons. The van der Waals surface area contributed by atoms with Crippen LogP contribution in [0.1, 0.15) is 44.7 Å². The van der Waals surface area contributed by atoms with Crippen molar-refractivity contribution >= 4 is 0 Å². The fourth-order valence-electron chi connectivity index (χ4n) is 2.42. The Morgan fingerprint density at radius 2 is 1.90 bits per heavy atom. The molecule has 2 aromatic rings. The third-order valence-electron chi connectivity index (χ3n) is 3.56. The Hall–Kier alpha value is -1.75. The van der Waals surface area contributed by atoms with E-state index in [2.05, 4.69) is 17.2 Å². The molecular formula is C16H22FN3O. The molecule has 0 aliphatic rings. The van der Waals surface area contributed by atoms with Gasteiger partial charge in [-0.25, -0.2) is 9.07 Å². The lowest BCUT2D eigenvalue weighted by molar-refractivity contribution is 0.277. The quantitative estimate of drug-likeness (QED) is 0.757. The molecule has 0 atom stereocenters. The summed E-state index contributed by atoms with van der Waals surface area (Å²) in [6.07, 6.45) is 5.75. The summed E-state index contributed by atoms with van der Waals surface area (Å²) in [5.74, 6) is -0.318. The number of hydrogen-bond acceptors (Lipinski definition) is 3. The Balaban J connectivity index is 2.16. The summed E-state index contributed by atoms with van der Waals surface area (Å²) in [6, 6.07) is 6.53. The lowest BCUT2D eigenvalue weighted by atomic mass is 10.1. The van der Waals surface area contributed by atoms with E-state index >= 15 is 0 Å². The first-order valence-electron chi connectivity index (χ1n) is 7.56. The minimum atomic E-state index is -0.318. The van der Waals surface area contributed by atoms with Gasteiger partial charge >= 0.3 is 0 Å². The molecule has 0 unspecified atom stereocenters. The first-order valence-corrected chi connectivity index (χ1v) is 7.56. The molecule has 0 bridgehead atoms.